The van der Waals surface area contributed by atoms with Gasteiger partial charge in [-0.05, 0) is 47.5 Å². The number of rotatable bonds is 5. The molecule has 3 N–H and O–H groups in total. The lowest BCUT2D eigenvalue weighted by molar-refractivity contribution is -0.116. The Balaban J connectivity index is 3.00. The lowest BCUT2D eigenvalue weighted by Crippen LogP contribution is -2.33. The fraction of sp³-hybridized carbons (Fsp3) is 0.417. The first-order valence-electron chi connectivity index (χ1n) is 5.46. The number of halogens is 1. The summed E-state index contributed by atoms with van der Waals surface area (Å²) < 4.78 is 0.846. The van der Waals surface area contributed by atoms with Crippen molar-refractivity contribution in [1.29, 1.82) is 0 Å². The first-order valence-corrected chi connectivity index (χ1v) is 6.25. The molecule has 1 atom stereocenters. The number of amides is 1. The Hall–Kier alpha value is -1.07. The number of nitrogens with zero attached hydrogens (tertiary/aromatic N) is 1. The molecule has 0 bridgehead atoms. The molecule has 1 unspecified atom stereocenters. The van der Waals surface area contributed by atoms with Crippen LogP contribution in [0, 0.1) is 0 Å². The minimum absolute atomic E-state index is 0.184. The van der Waals surface area contributed by atoms with Crippen LogP contribution in [0.2, 0.25) is 0 Å². The molecule has 94 valence electrons. The molecule has 0 radical (unpaired) electrons. The van der Waals surface area contributed by atoms with Crippen molar-refractivity contribution in [1.82, 2.24) is 0 Å². The van der Waals surface area contributed by atoms with Crippen molar-refractivity contribution in [3.63, 3.8) is 0 Å². The molecule has 0 spiro atoms. The van der Waals surface area contributed by atoms with Crippen LogP contribution in [0.3, 0.4) is 0 Å². The van der Waals surface area contributed by atoms with Crippen LogP contribution in [0.1, 0.15) is 25.5 Å². The average Bonchev–Trinajstić information content (AvgIpc) is 2.25. The van der Waals surface area contributed by atoms with Crippen molar-refractivity contribution in [2.45, 2.75) is 20.0 Å². The molecular formula is C12H17BrN2O2. The highest BCUT2D eigenvalue weighted by molar-refractivity contribution is 9.10. The van der Waals surface area contributed by atoms with E-state index in [1.54, 1.807) is 6.92 Å². The highest BCUT2D eigenvalue weighted by atomic mass is 79.9. The smallest absolute Gasteiger partial charge is 0.236 e. The van der Waals surface area contributed by atoms with Crippen LogP contribution in [0.5, 0.6) is 0 Å². The van der Waals surface area contributed by atoms with Crippen LogP contribution in [-0.4, -0.2) is 24.1 Å². The second kappa shape index (κ2) is 6.02. The number of carbonyl (C=O) groups excluding carboxylic acids is 1. The molecule has 0 saturated carbocycles. The standard InChI is InChI=1S/C12H17BrN2O2/c1-3-15(7-12(14)17)11-5-4-9(8(2)16)6-10(11)13/h4-6,8,16H,3,7H2,1-2H3,(H2,14,17). The highest BCUT2D eigenvalue weighted by Gasteiger charge is 2.12. The number of aliphatic hydroxyl groups is 1. The van der Waals surface area contributed by atoms with Gasteiger partial charge in [0.1, 0.15) is 0 Å². The summed E-state index contributed by atoms with van der Waals surface area (Å²) >= 11 is 3.44. The summed E-state index contributed by atoms with van der Waals surface area (Å²) in [6.45, 7) is 4.54. The Morgan fingerprint density at radius 2 is 2.24 bits per heavy atom. The Bertz CT molecular complexity index is 407. The number of primary amides is 1. The third-order valence-electron chi connectivity index (χ3n) is 2.52. The van der Waals surface area contributed by atoms with Gasteiger partial charge in [0.05, 0.1) is 18.3 Å². The molecule has 17 heavy (non-hydrogen) atoms. The second-order valence-corrected chi connectivity index (χ2v) is 4.72. The van der Waals surface area contributed by atoms with Crippen molar-refractivity contribution in [2.24, 2.45) is 5.73 Å². The van der Waals surface area contributed by atoms with E-state index in [0.29, 0.717) is 6.54 Å². The van der Waals surface area contributed by atoms with Gasteiger partial charge in [0.15, 0.2) is 0 Å². The molecule has 4 nitrogen and oxygen atoms in total. The average molecular weight is 301 g/mol. The zero-order valence-corrected chi connectivity index (χ0v) is 11.6. The Labute approximate surface area is 110 Å². The largest absolute Gasteiger partial charge is 0.389 e. The van der Waals surface area contributed by atoms with E-state index in [9.17, 15) is 9.90 Å². The SMILES string of the molecule is CCN(CC(N)=O)c1ccc(C(C)O)cc1Br. The maximum atomic E-state index is 11.0. The maximum absolute atomic E-state index is 11.0. The van der Waals surface area contributed by atoms with Crippen LogP contribution in [0.4, 0.5) is 5.69 Å². The number of benzene rings is 1. The molecule has 0 fully saturated rings. The normalized spacial score (nSPS) is 12.2. The minimum Gasteiger partial charge on any atom is -0.389 e. The van der Waals surface area contributed by atoms with Gasteiger partial charge in [0.25, 0.3) is 0 Å². The summed E-state index contributed by atoms with van der Waals surface area (Å²) in [4.78, 5) is 12.8. The van der Waals surface area contributed by atoms with E-state index < -0.39 is 6.10 Å². The molecule has 1 aromatic carbocycles. The predicted molar refractivity (Wildman–Crippen MR) is 71.9 cm³/mol. The number of aliphatic hydroxyl groups excluding tert-OH is 1. The van der Waals surface area contributed by atoms with Gasteiger partial charge >= 0.3 is 0 Å². The van der Waals surface area contributed by atoms with E-state index >= 15 is 0 Å². The van der Waals surface area contributed by atoms with Crippen LogP contribution in [0.25, 0.3) is 0 Å². The van der Waals surface area contributed by atoms with Crippen LogP contribution >= 0.6 is 15.9 Å². The maximum Gasteiger partial charge on any atom is 0.236 e. The van der Waals surface area contributed by atoms with Gasteiger partial charge in [-0.3, -0.25) is 4.79 Å². The van der Waals surface area contributed by atoms with E-state index in [-0.39, 0.29) is 12.5 Å². The number of likely N-dealkylation sites (N-methyl/N-ethyl adjacent to an activating group) is 1. The number of nitrogens with two attached hydrogens (primary N) is 1. The third-order valence-corrected chi connectivity index (χ3v) is 3.16. The van der Waals surface area contributed by atoms with Crippen molar-refractivity contribution >= 4 is 27.5 Å². The molecule has 0 aliphatic heterocycles. The van der Waals surface area contributed by atoms with Crippen molar-refractivity contribution in [2.75, 3.05) is 18.0 Å². The van der Waals surface area contributed by atoms with Crippen LogP contribution in [0.15, 0.2) is 22.7 Å². The third kappa shape index (κ3) is 3.71. The topological polar surface area (TPSA) is 66.6 Å². The quantitative estimate of drug-likeness (QED) is 0.871. The van der Waals surface area contributed by atoms with E-state index in [4.69, 9.17) is 5.73 Å². The van der Waals surface area contributed by atoms with E-state index in [2.05, 4.69) is 15.9 Å². The molecule has 1 aromatic rings. The molecule has 1 amide bonds. The first-order chi connectivity index (χ1) is 7.95. The van der Waals surface area contributed by atoms with Crippen LogP contribution in [-0.2, 0) is 4.79 Å². The molecule has 5 heteroatoms. The zero-order valence-electron chi connectivity index (χ0n) is 9.98. The van der Waals surface area contributed by atoms with Gasteiger partial charge in [-0.25, -0.2) is 0 Å². The van der Waals surface area contributed by atoms with Gasteiger partial charge in [0.2, 0.25) is 5.91 Å². The van der Waals surface area contributed by atoms with E-state index in [0.717, 1.165) is 15.7 Å². The fourth-order valence-electron chi connectivity index (χ4n) is 1.59. The zero-order chi connectivity index (χ0) is 13.0. The molecule has 1 rings (SSSR count). The molecule has 0 aliphatic carbocycles. The predicted octanol–water partition coefficient (Wildman–Crippen LogP) is 1.81. The number of anilines is 1. The Morgan fingerprint density at radius 3 is 2.65 bits per heavy atom. The summed E-state index contributed by atoms with van der Waals surface area (Å²) in [7, 11) is 0. The molecule has 0 aromatic heterocycles. The molecular weight excluding hydrogens is 284 g/mol. The summed E-state index contributed by atoms with van der Waals surface area (Å²) in [5, 5.41) is 9.47. The van der Waals surface area contributed by atoms with E-state index in [1.807, 2.05) is 30.0 Å². The van der Waals surface area contributed by atoms with Gasteiger partial charge in [0, 0.05) is 11.0 Å². The molecule has 0 heterocycles. The van der Waals surface area contributed by atoms with Crippen molar-refractivity contribution in [3.8, 4) is 0 Å². The number of carbonyl (C=O) groups is 1. The fourth-order valence-corrected chi connectivity index (χ4v) is 2.24. The van der Waals surface area contributed by atoms with Crippen molar-refractivity contribution in [3.05, 3.63) is 28.2 Å². The number of hydrogen-bond acceptors (Lipinski definition) is 3. The van der Waals surface area contributed by atoms with Gasteiger partial charge < -0.3 is 15.7 Å². The van der Waals surface area contributed by atoms with E-state index in [1.165, 1.54) is 0 Å². The minimum atomic E-state index is -0.508. The lowest BCUT2D eigenvalue weighted by atomic mass is 10.1. The molecule has 0 aliphatic rings. The first kappa shape index (κ1) is 14.0. The van der Waals surface area contributed by atoms with Gasteiger partial charge in [-0.15, -0.1) is 0 Å². The monoisotopic (exact) mass is 300 g/mol. The summed E-state index contributed by atoms with van der Waals surface area (Å²) in [5.74, 6) is -0.363. The molecule has 0 saturated heterocycles. The van der Waals surface area contributed by atoms with Gasteiger partial charge in [-0.1, -0.05) is 6.07 Å². The summed E-state index contributed by atoms with van der Waals surface area (Å²) in [6, 6.07) is 5.57. The second-order valence-electron chi connectivity index (χ2n) is 3.87. The Kier molecular flexibility index (Phi) is 4.96. The summed E-state index contributed by atoms with van der Waals surface area (Å²) in [5.41, 5.74) is 6.93. The highest BCUT2D eigenvalue weighted by Crippen LogP contribution is 2.29. The van der Waals surface area contributed by atoms with Crippen molar-refractivity contribution < 1.29 is 9.90 Å². The Morgan fingerprint density at radius 1 is 1.59 bits per heavy atom. The summed E-state index contributed by atoms with van der Waals surface area (Å²) in [6.07, 6.45) is -0.508. The van der Waals surface area contributed by atoms with Crippen LogP contribution < -0.4 is 10.6 Å². The lowest BCUT2D eigenvalue weighted by Gasteiger charge is -2.23. The van der Waals surface area contributed by atoms with Gasteiger partial charge in [-0.2, -0.15) is 0 Å². The number of hydrogen-bond donors (Lipinski definition) is 2.